The van der Waals surface area contributed by atoms with Crippen LogP contribution in [0.5, 0.6) is 0 Å². The fourth-order valence-corrected chi connectivity index (χ4v) is 5.01. The Morgan fingerprint density at radius 1 is 1.25 bits per heavy atom. The minimum Gasteiger partial charge on any atom is -0.326 e. The maximum Gasteiger partial charge on any atom is 0.265 e. The second-order valence-electron chi connectivity index (χ2n) is 5.87. The van der Waals surface area contributed by atoms with Gasteiger partial charge in [-0.05, 0) is 42.5 Å². The zero-order chi connectivity index (χ0) is 17.3. The van der Waals surface area contributed by atoms with Gasteiger partial charge in [0.05, 0.1) is 11.3 Å². The summed E-state index contributed by atoms with van der Waals surface area (Å²) in [6.07, 6.45) is 1.57. The van der Waals surface area contributed by atoms with Crippen molar-refractivity contribution in [2.75, 3.05) is 10.8 Å². The van der Waals surface area contributed by atoms with Crippen molar-refractivity contribution in [3.05, 3.63) is 58.7 Å². The third kappa shape index (κ3) is 2.56. The van der Waals surface area contributed by atoms with Crippen molar-refractivity contribution in [2.24, 2.45) is 5.73 Å². The summed E-state index contributed by atoms with van der Waals surface area (Å²) in [5.41, 5.74) is 9.15. The van der Waals surface area contributed by atoms with Crippen LogP contribution in [0.1, 0.15) is 28.7 Å². The van der Waals surface area contributed by atoms with Gasteiger partial charge in [0.2, 0.25) is 0 Å². The molecule has 0 spiro atoms. The van der Waals surface area contributed by atoms with Crippen LogP contribution in [0.4, 0.5) is 5.69 Å². The van der Waals surface area contributed by atoms with E-state index in [9.17, 15) is 13.7 Å². The largest absolute Gasteiger partial charge is 0.326 e. The lowest BCUT2D eigenvalue weighted by Gasteiger charge is -2.32. The molecule has 0 saturated carbocycles. The Labute approximate surface area is 142 Å². The molecule has 1 heterocycles. The first-order chi connectivity index (χ1) is 11.5. The van der Waals surface area contributed by atoms with E-state index < -0.39 is 10.0 Å². The highest BCUT2D eigenvalue weighted by atomic mass is 32.2. The normalized spacial score (nSPS) is 14.1. The molecule has 24 heavy (non-hydrogen) atoms. The van der Waals surface area contributed by atoms with E-state index in [1.807, 2.05) is 24.3 Å². The van der Waals surface area contributed by atoms with E-state index in [1.54, 1.807) is 19.1 Å². The number of aryl methyl sites for hydroxylation is 2. The van der Waals surface area contributed by atoms with Crippen molar-refractivity contribution < 1.29 is 8.42 Å². The monoisotopic (exact) mass is 341 g/mol. The van der Waals surface area contributed by atoms with Crippen molar-refractivity contribution >= 4 is 15.7 Å². The molecule has 2 aromatic rings. The predicted molar refractivity (Wildman–Crippen MR) is 93.1 cm³/mol. The van der Waals surface area contributed by atoms with Crippen LogP contribution in [0.3, 0.4) is 0 Å². The Bertz CT molecular complexity index is 916. The molecule has 124 valence electrons. The third-order valence-corrected chi connectivity index (χ3v) is 6.24. The highest BCUT2D eigenvalue weighted by molar-refractivity contribution is 7.93. The summed E-state index contributed by atoms with van der Waals surface area (Å²) in [7, 11) is -3.82. The number of nitrogens with zero attached hydrogens (tertiary/aromatic N) is 2. The minimum atomic E-state index is -3.82. The van der Waals surface area contributed by atoms with E-state index in [1.165, 1.54) is 10.4 Å². The van der Waals surface area contributed by atoms with Crippen LogP contribution in [0, 0.1) is 18.3 Å². The summed E-state index contributed by atoms with van der Waals surface area (Å²) in [4.78, 5) is 0.0599. The second kappa shape index (κ2) is 6.27. The number of rotatable bonds is 3. The number of hydrogen-bond donors (Lipinski definition) is 1. The number of para-hydroxylation sites is 1. The topological polar surface area (TPSA) is 87.2 Å². The second-order valence-corrected chi connectivity index (χ2v) is 7.70. The fourth-order valence-electron chi connectivity index (χ4n) is 3.21. The highest BCUT2D eigenvalue weighted by Crippen LogP contribution is 2.35. The number of benzene rings is 2. The van der Waals surface area contributed by atoms with Crippen LogP contribution in [0.2, 0.25) is 0 Å². The number of hydrogen-bond acceptors (Lipinski definition) is 4. The molecule has 1 aliphatic rings. The molecule has 2 aromatic carbocycles. The summed E-state index contributed by atoms with van der Waals surface area (Å²) < 4.78 is 28.0. The lowest BCUT2D eigenvalue weighted by atomic mass is 9.99. The smallest absolute Gasteiger partial charge is 0.265 e. The van der Waals surface area contributed by atoms with E-state index in [4.69, 9.17) is 5.73 Å². The Balaban J connectivity index is 2.22. The average molecular weight is 341 g/mol. The molecule has 6 heteroatoms. The van der Waals surface area contributed by atoms with Crippen molar-refractivity contribution in [1.29, 1.82) is 5.26 Å². The first-order valence-corrected chi connectivity index (χ1v) is 9.28. The van der Waals surface area contributed by atoms with E-state index in [0.717, 1.165) is 24.0 Å². The molecular weight excluding hydrogens is 322 g/mol. The van der Waals surface area contributed by atoms with Crippen LogP contribution >= 0.6 is 0 Å². The van der Waals surface area contributed by atoms with E-state index in [2.05, 4.69) is 0 Å². The van der Waals surface area contributed by atoms with E-state index in [0.29, 0.717) is 17.8 Å². The quantitative estimate of drug-likeness (QED) is 0.929. The van der Waals surface area contributed by atoms with Gasteiger partial charge in [0.15, 0.2) is 0 Å². The van der Waals surface area contributed by atoms with Crippen LogP contribution in [0.25, 0.3) is 0 Å². The summed E-state index contributed by atoms with van der Waals surface area (Å²) >= 11 is 0. The van der Waals surface area contributed by atoms with Crippen LogP contribution in [-0.2, 0) is 23.0 Å². The molecule has 0 atom stereocenters. The predicted octanol–water partition coefficient (Wildman–Crippen LogP) is 2.47. The molecular formula is C18H19N3O2S. The molecule has 3 rings (SSSR count). The van der Waals surface area contributed by atoms with Crippen molar-refractivity contribution in [2.45, 2.75) is 31.2 Å². The molecule has 0 amide bonds. The lowest BCUT2D eigenvalue weighted by molar-refractivity contribution is 0.586. The van der Waals surface area contributed by atoms with Crippen molar-refractivity contribution in [3.63, 3.8) is 0 Å². The minimum absolute atomic E-state index is 0.0599. The maximum absolute atomic E-state index is 13.3. The van der Waals surface area contributed by atoms with Crippen LogP contribution in [-0.4, -0.2) is 15.0 Å². The van der Waals surface area contributed by atoms with Gasteiger partial charge in [-0.25, -0.2) is 8.42 Å². The van der Waals surface area contributed by atoms with Gasteiger partial charge in [-0.15, -0.1) is 0 Å². The zero-order valence-corrected chi connectivity index (χ0v) is 14.3. The van der Waals surface area contributed by atoms with Gasteiger partial charge in [-0.3, -0.25) is 4.31 Å². The molecule has 0 aromatic heterocycles. The number of nitrogens with two attached hydrogens (primary N) is 1. The molecule has 5 nitrogen and oxygen atoms in total. The summed E-state index contributed by atoms with van der Waals surface area (Å²) in [6, 6.07) is 12.6. The molecule has 2 N–H and O–H groups in total. The number of fused-ring (bicyclic) bond motifs is 1. The number of anilines is 1. The molecule has 1 aliphatic heterocycles. The Morgan fingerprint density at radius 3 is 2.71 bits per heavy atom. The fraction of sp³-hybridized carbons (Fsp3) is 0.278. The maximum atomic E-state index is 13.3. The average Bonchev–Trinajstić information content (AvgIpc) is 2.60. The lowest BCUT2D eigenvalue weighted by Crippen LogP contribution is -2.37. The van der Waals surface area contributed by atoms with Gasteiger partial charge in [-0.2, -0.15) is 5.26 Å². The summed E-state index contributed by atoms with van der Waals surface area (Å²) in [5.74, 6) is 0. The Kier molecular flexibility index (Phi) is 4.31. The van der Waals surface area contributed by atoms with Gasteiger partial charge in [0.25, 0.3) is 10.0 Å². The van der Waals surface area contributed by atoms with Gasteiger partial charge in [0.1, 0.15) is 11.0 Å². The SMILES string of the molecule is Cc1cccc(S(=O)(=O)N2CCCc3cccc(CN)c32)c1C#N. The number of sulfonamides is 1. The van der Waals surface area contributed by atoms with Gasteiger partial charge >= 0.3 is 0 Å². The molecule has 0 saturated heterocycles. The molecule has 0 unspecified atom stereocenters. The van der Waals surface area contributed by atoms with E-state index in [-0.39, 0.29) is 17.0 Å². The zero-order valence-electron chi connectivity index (χ0n) is 13.5. The standard InChI is InChI=1S/C18H19N3O2S/c1-13-5-2-9-17(16(13)12-20)24(22,23)21-10-4-8-14-6-3-7-15(11-19)18(14)21/h2-3,5-7,9H,4,8,10-11,19H2,1H3. The van der Waals surface area contributed by atoms with Gasteiger partial charge in [0, 0.05) is 13.1 Å². The van der Waals surface area contributed by atoms with E-state index >= 15 is 0 Å². The molecule has 0 aliphatic carbocycles. The van der Waals surface area contributed by atoms with Gasteiger partial charge in [-0.1, -0.05) is 30.3 Å². The van der Waals surface area contributed by atoms with Gasteiger partial charge < -0.3 is 5.73 Å². The first kappa shape index (κ1) is 16.5. The van der Waals surface area contributed by atoms with Crippen LogP contribution in [0.15, 0.2) is 41.3 Å². The first-order valence-electron chi connectivity index (χ1n) is 7.84. The Morgan fingerprint density at radius 2 is 2.00 bits per heavy atom. The third-order valence-electron chi connectivity index (χ3n) is 4.39. The van der Waals surface area contributed by atoms with Crippen molar-refractivity contribution in [1.82, 2.24) is 0 Å². The molecule has 0 fully saturated rings. The van der Waals surface area contributed by atoms with Crippen molar-refractivity contribution in [3.8, 4) is 6.07 Å². The molecule has 0 radical (unpaired) electrons. The highest BCUT2D eigenvalue weighted by Gasteiger charge is 2.32. The molecule has 0 bridgehead atoms. The summed E-state index contributed by atoms with van der Waals surface area (Å²) in [5, 5.41) is 9.40. The Hall–Kier alpha value is -2.36. The summed E-state index contributed by atoms with van der Waals surface area (Å²) in [6.45, 7) is 2.41. The number of nitriles is 1. The van der Waals surface area contributed by atoms with Crippen LogP contribution < -0.4 is 10.0 Å².